The molecule has 12 bridgehead atoms. The van der Waals surface area contributed by atoms with Gasteiger partial charge in [-0.05, 0) is 45.4 Å². The van der Waals surface area contributed by atoms with Crippen molar-refractivity contribution in [2.45, 2.75) is 108 Å². The van der Waals surface area contributed by atoms with Crippen LogP contribution in [0.4, 0.5) is 0 Å². The number of aromatic hydroxyl groups is 1. The fourth-order valence-corrected chi connectivity index (χ4v) is 14.9. The summed E-state index contributed by atoms with van der Waals surface area (Å²) in [5, 5.41) is 77.3. The summed E-state index contributed by atoms with van der Waals surface area (Å²) in [5.41, 5.74) is 1.42. The lowest BCUT2D eigenvalue weighted by atomic mass is 9.89. The molecule has 0 spiro atoms. The van der Waals surface area contributed by atoms with E-state index in [1.54, 1.807) is 6.07 Å². The van der Waals surface area contributed by atoms with Gasteiger partial charge in [0, 0.05) is 49.8 Å². The van der Waals surface area contributed by atoms with Crippen LogP contribution in [0.1, 0.15) is 125 Å². The van der Waals surface area contributed by atoms with Crippen LogP contribution < -0.4 is 32.3 Å². The number of fused-ring (bicyclic) bond motifs is 15. The van der Waals surface area contributed by atoms with E-state index < -0.39 is 151 Å². The number of thiazole rings is 5. The summed E-state index contributed by atoms with van der Waals surface area (Å²) in [4.78, 5) is 141. The van der Waals surface area contributed by atoms with Crippen LogP contribution in [0.25, 0.3) is 49.3 Å². The normalized spacial score (nSPS) is 24.2. The number of benzene rings is 1. The Labute approximate surface area is 560 Å². The lowest BCUT2D eigenvalue weighted by Gasteiger charge is -2.43. The van der Waals surface area contributed by atoms with Crippen molar-refractivity contribution in [2.24, 2.45) is 5.73 Å². The number of aliphatic hydroxyl groups is 3. The third-order valence-electron chi connectivity index (χ3n) is 15.8. The second kappa shape index (κ2) is 26.6. The predicted molar refractivity (Wildman–Crippen MR) is 339 cm³/mol. The molecule has 500 valence electrons. The van der Waals surface area contributed by atoms with Crippen LogP contribution in [0.15, 0.2) is 69.2 Å². The van der Waals surface area contributed by atoms with E-state index in [1.165, 1.54) is 79.9 Å². The fourth-order valence-electron chi connectivity index (χ4n) is 10.8. The molecule has 11 heterocycles. The molecule has 6 amide bonds. The third kappa shape index (κ3) is 12.9. The van der Waals surface area contributed by atoms with Crippen molar-refractivity contribution in [3.8, 4) is 38.4 Å². The monoisotopic (exact) mass is 1410 g/mol. The number of allylic oxidation sites excluding steroid dienone is 1. The van der Waals surface area contributed by atoms with Crippen molar-refractivity contribution < 1.29 is 92.4 Å². The zero-order valence-electron chi connectivity index (χ0n) is 50.6. The van der Waals surface area contributed by atoms with Gasteiger partial charge in [0.05, 0.1) is 42.7 Å². The van der Waals surface area contributed by atoms with E-state index in [0.29, 0.717) is 4.73 Å². The summed E-state index contributed by atoms with van der Waals surface area (Å²) in [6, 6.07) is 1.06. The lowest BCUT2D eigenvalue weighted by Crippen LogP contribution is -2.57. The van der Waals surface area contributed by atoms with E-state index in [1.807, 2.05) is 0 Å². The molecule has 96 heavy (non-hydrogen) atoms. The Balaban J connectivity index is 1.04. The molecule has 10 atom stereocenters. The van der Waals surface area contributed by atoms with Crippen LogP contribution in [0.3, 0.4) is 0 Å². The lowest BCUT2D eigenvalue weighted by molar-refractivity contribution is -0.292. The number of carbonyl (C=O) groups excluding carboxylic acids is 8. The van der Waals surface area contributed by atoms with Crippen molar-refractivity contribution >= 4 is 121 Å². The van der Waals surface area contributed by atoms with Crippen molar-refractivity contribution in [1.82, 2.24) is 61.2 Å². The summed E-state index contributed by atoms with van der Waals surface area (Å²) in [7, 11) is 1.29. The van der Waals surface area contributed by atoms with Crippen molar-refractivity contribution in [3.63, 3.8) is 0 Å². The second-order valence-electron chi connectivity index (χ2n) is 22.4. The van der Waals surface area contributed by atoms with E-state index in [-0.39, 0.29) is 104 Å². The molecule has 0 unspecified atom stereocenters. The van der Waals surface area contributed by atoms with Crippen LogP contribution >= 0.6 is 56.7 Å². The van der Waals surface area contributed by atoms with Gasteiger partial charge in [-0.3, -0.25) is 28.8 Å². The largest absolute Gasteiger partial charge is 0.506 e. The van der Waals surface area contributed by atoms with Gasteiger partial charge in [0.1, 0.15) is 126 Å². The number of hydrogen-bond acceptors (Lipinski definition) is 30. The fraction of sp³-hybridized carbons (Fsp3) is 0.322. The SMILES string of the molecule is C=C(NC(=O)c1csc(-c2nc3c(cc2O)-c2nc(cs2)C(=O)N[C@H]([C@@H](C)O)C(=O)N/C(=C(\C)OC)c2nc(cs2)C(=O)N[C@@H]2c4nc(cs4)C(=O)N[C@H](COC(=O)c4c5c6c(cccc6n4O)COC(=O)[C@H](O[C@@H]4C[C@](C)(O)[C@@H](O)[C@H](C)O4)[C@H]2OC5)c2nc-3cs2)n1)C(N)=O. The van der Waals surface area contributed by atoms with Gasteiger partial charge in [-0.2, -0.15) is 4.73 Å². The number of nitrogens with one attached hydrogen (secondary N) is 5. The van der Waals surface area contributed by atoms with E-state index in [0.717, 1.165) is 56.7 Å². The number of aromatic nitrogens is 7. The highest BCUT2D eigenvalue weighted by Crippen LogP contribution is 2.43. The number of nitrogens with two attached hydrogens (primary N) is 1. The number of rotatable bonds is 8. The second-order valence-corrected chi connectivity index (χ2v) is 26.7. The van der Waals surface area contributed by atoms with Crippen molar-refractivity contribution in [1.29, 1.82) is 0 Å². The first-order valence-electron chi connectivity index (χ1n) is 28.8. The first-order chi connectivity index (χ1) is 45.8. The van der Waals surface area contributed by atoms with E-state index in [4.69, 9.17) is 49.1 Å². The minimum Gasteiger partial charge on any atom is -0.506 e. The number of carbonyl (C=O) groups is 8. The van der Waals surface area contributed by atoms with Crippen LogP contribution in [0.2, 0.25) is 0 Å². The number of pyridine rings is 1. The van der Waals surface area contributed by atoms with E-state index >= 15 is 4.79 Å². The Morgan fingerprint density at radius 2 is 1.52 bits per heavy atom. The van der Waals surface area contributed by atoms with E-state index in [2.05, 4.69) is 48.1 Å². The molecule has 37 heteroatoms. The molecule has 0 aliphatic carbocycles. The molecule has 7 aromatic heterocycles. The first kappa shape index (κ1) is 66.5. The number of cyclic esters (lactones) is 2. The molecule has 4 aliphatic heterocycles. The number of nitrogens with zero attached hydrogens (tertiary/aromatic N) is 7. The summed E-state index contributed by atoms with van der Waals surface area (Å²) in [5.74, 6) is -8.46. The zero-order valence-corrected chi connectivity index (χ0v) is 54.7. The summed E-state index contributed by atoms with van der Waals surface area (Å²) < 4.78 is 37.4. The van der Waals surface area contributed by atoms with E-state index in [9.17, 15) is 59.2 Å². The Bertz CT molecular complexity index is 4550. The molecule has 1 saturated heterocycles. The van der Waals surface area contributed by atoms with Crippen LogP contribution in [0, 0.1) is 0 Å². The molecule has 32 nitrogen and oxygen atoms in total. The standard InChI is InChI=1S/C59H55N13O19S5/c1-20(46(60)76)61-47(77)29-17-95-55(66-29)40-34(74)10-25-39(68-40)28-15-93-53(63-28)27-14-89-57(82)42-26-13-87-43(44(91-35-11-59(5,84)45(75)23(4)90-35)58(83)88-12-24-8-7-9-33(36(24)26)72(42)85)41(56-67-30(18-96-56)48(78)62-27)71-50(80)32-19-94-54(65-32)38(22(3)86-6)70-51(81)37(21(2)73)69-49(79)31-16-92-52(25)64-31/h7-10,15-19,21,23,27,35,37,41,43-45,73-75,84-85H,1,11-14H2,2-6H3,(H2,60,76)(H,61,77)(H,62,78)(H,69,79)(H,70,81)(H,71,80)/b38-22+/t21-,23+,27-,35-,37-,41+,43+,44-,45+,59+/m1/s1. The van der Waals surface area contributed by atoms with Gasteiger partial charge in [0.25, 0.3) is 29.5 Å². The smallest absolute Gasteiger partial charge is 0.358 e. The molecule has 4 aliphatic rings. The zero-order chi connectivity index (χ0) is 68.3. The average Bonchev–Trinajstić information content (AvgIpc) is 1.58. The molecule has 1 fully saturated rings. The number of esters is 2. The number of amides is 6. The minimum absolute atomic E-state index is 0.0193. The molecule has 0 radical (unpaired) electrons. The molecule has 0 saturated carbocycles. The van der Waals surface area contributed by atoms with Gasteiger partial charge in [-0.15, -0.1) is 56.7 Å². The summed E-state index contributed by atoms with van der Waals surface area (Å²) in [6.45, 7) is 7.07. The summed E-state index contributed by atoms with van der Waals surface area (Å²) in [6.07, 6.45) is -9.79. The highest BCUT2D eigenvalue weighted by atomic mass is 32.1. The molecular weight excluding hydrogens is 1360 g/mol. The third-order valence-corrected chi connectivity index (χ3v) is 20.2. The number of ether oxygens (including phenoxy) is 6. The molecule has 1 aromatic carbocycles. The average molecular weight is 1410 g/mol. The Morgan fingerprint density at radius 3 is 2.25 bits per heavy atom. The molecular formula is C59H55N13O19S5. The van der Waals surface area contributed by atoms with Gasteiger partial charge in [0.2, 0.25) is 5.91 Å². The van der Waals surface area contributed by atoms with Gasteiger partial charge < -0.3 is 86.4 Å². The van der Waals surface area contributed by atoms with Gasteiger partial charge in [0.15, 0.2) is 18.1 Å². The van der Waals surface area contributed by atoms with Crippen LogP contribution in [-0.4, -0.2) is 170 Å². The highest BCUT2D eigenvalue weighted by molar-refractivity contribution is 7.14. The van der Waals surface area contributed by atoms with Crippen LogP contribution in [-0.2, 0) is 56.0 Å². The Hall–Kier alpha value is -9.54. The quantitative estimate of drug-likeness (QED) is 0.0450. The maximum Gasteiger partial charge on any atom is 0.358 e. The number of methoxy groups -OCH3 is 1. The highest BCUT2D eigenvalue weighted by Gasteiger charge is 2.49. The van der Waals surface area contributed by atoms with Gasteiger partial charge >= 0.3 is 11.9 Å². The van der Waals surface area contributed by atoms with Crippen LogP contribution in [0.5, 0.6) is 5.75 Å². The number of hydrogen-bond donors (Lipinski definition) is 11. The Morgan fingerprint density at radius 1 is 0.854 bits per heavy atom. The molecule has 12 N–H and O–H groups in total. The minimum atomic E-state index is -1.98. The number of primary amides is 1. The maximum absolute atomic E-state index is 15.1. The first-order valence-corrected chi connectivity index (χ1v) is 33.2. The predicted octanol–water partition coefficient (Wildman–Crippen LogP) is 3.32. The van der Waals surface area contributed by atoms with Crippen molar-refractivity contribution in [3.05, 3.63) is 124 Å². The van der Waals surface area contributed by atoms with Gasteiger partial charge in [-0.25, -0.2) is 39.5 Å². The molecule has 12 rings (SSSR count). The van der Waals surface area contributed by atoms with Gasteiger partial charge in [-0.1, -0.05) is 18.7 Å². The maximum atomic E-state index is 15.1. The molecule has 8 aromatic rings. The summed E-state index contributed by atoms with van der Waals surface area (Å²) >= 11 is 4.38. The Kier molecular flexibility index (Phi) is 18.4. The van der Waals surface area contributed by atoms with Crippen molar-refractivity contribution in [2.75, 3.05) is 13.7 Å². The topological polar surface area (TPSA) is 462 Å². The number of aliphatic hydroxyl groups excluding tert-OH is 2.